The van der Waals surface area contributed by atoms with Crippen LogP contribution in [0.2, 0.25) is 0 Å². The van der Waals surface area contributed by atoms with E-state index in [1.807, 2.05) is 18.2 Å². The Morgan fingerprint density at radius 3 is 2.18 bits per heavy atom. The van der Waals surface area contributed by atoms with Crippen LogP contribution in [0.1, 0.15) is 22.6 Å². The minimum absolute atomic E-state index is 0.177. The maximum Gasteiger partial charge on any atom is 0.123 e. The zero-order valence-electron chi connectivity index (χ0n) is 9.29. The van der Waals surface area contributed by atoms with Crippen LogP contribution in [0.4, 0.5) is 8.78 Å². The lowest BCUT2D eigenvalue weighted by molar-refractivity contribution is 0.624. The Morgan fingerprint density at radius 2 is 1.41 bits per heavy atom. The summed E-state index contributed by atoms with van der Waals surface area (Å²) in [4.78, 5) is 0. The average molecular weight is 230 g/mol. The van der Waals surface area contributed by atoms with Gasteiger partial charge in [-0.15, -0.1) is 0 Å². The third kappa shape index (κ3) is 1.95. The van der Waals surface area contributed by atoms with E-state index in [-0.39, 0.29) is 11.6 Å². The second-order valence-corrected chi connectivity index (χ2v) is 4.57. The maximum absolute atomic E-state index is 13.1. The smallest absolute Gasteiger partial charge is 0.123 e. The highest BCUT2D eigenvalue weighted by Crippen LogP contribution is 2.34. The predicted octanol–water partition coefficient (Wildman–Crippen LogP) is 3.85. The number of hydrogen-bond acceptors (Lipinski definition) is 0. The van der Waals surface area contributed by atoms with Gasteiger partial charge in [0.05, 0.1) is 0 Å². The van der Waals surface area contributed by atoms with Crippen molar-refractivity contribution in [2.45, 2.75) is 18.8 Å². The van der Waals surface area contributed by atoms with Gasteiger partial charge in [0.15, 0.2) is 0 Å². The van der Waals surface area contributed by atoms with E-state index in [2.05, 4.69) is 0 Å². The molecule has 1 aliphatic carbocycles. The molecule has 1 unspecified atom stereocenters. The van der Waals surface area contributed by atoms with Crippen molar-refractivity contribution >= 4 is 0 Å². The van der Waals surface area contributed by atoms with Gasteiger partial charge in [0.2, 0.25) is 0 Å². The van der Waals surface area contributed by atoms with Crippen molar-refractivity contribution in [2.75, 3.05) is 0 Å². The molecule has 2 aromatic rings. The lowest BCUT2D eigenvalue weighted by Gasteiger charge is -2.08. The molecule has 1 atom stereocenters. The Labute approximate surface area is 98.9 Å². The van der Waals surface area contributed by atoms with Gasteiger partial charge in [0.1, 0.15) is 11.6 Å². The summed E-state index contributed by atoms with van der Waals surface area (Å²) in [6.07, 6.45) is 1.76. The predicted molar refractivity (Wildman–Crippen MR) is 62.9 cm³/mol. The molecule has 2 heteroatoms. The molecule has 0 saturated heterocycles. The summed E-state index contributed by atoms with van der Waals surface area (Å²) in [6.45, 7) is 0. The molecule has 0 saturated carbocycles. The summed E-state index contributed by atoms with van der Waals surface area (Å²) >= 11 is 0. The van der Waals surface area contributed by atoms with E-state index < -0.39 is 0 Å². The van der Waals surface area contributed by atoms with Crippen molar-refractivity contribution < 1.29 is 8.78 Å². The van der Waals surface area contributed by atoms with Crippen molar-refractivity contribution in [3.8, 4) is 0 Å². The van der Waals surface area contributed by atoms with E-state index in [0.717, 1.165) is 24.0 Å². The number of fused-ring (bicyclic) bond motifs is 1. The zero-order chi connectivity index (χ0) is 11.8. The van der Waals surface area contributed by atoms with Crippen LogP contribution in [0.3, 0.4) is 0 Å². The SMILES string of the molecule is Fc1ccc(C2Cc3ccc(F)cc3C2)cc1. The summed E-state index contributed by atoms with van der Waals surface area (Å²) in [5, 5.41) is 0. The van der Waals surface area contributed by atoms with Crippen molar-refractivity contribution in [3.05, 3.63) is 70.8 Å². The van der Waals surface area contributed by atoms with Gasteiger partial charge in [-0.1, -0.05) is 18.2 Å². The van der Waals surface area contributed by atoms with Gasteiger partial charge < -0.3 is 0 Å². The first-order valence-electron chi connectivity index (χ1n) is 5.75. The van der Waals surface area contributed by atoms with Gasteiger partial charge in [-0.05, 0) is 59.7 Å². The molecule has 3 rings (SSSR count). The van der Waals surface area contributed by atoms with Crippen LogP contribution in [0.15, 0.2) is 42.5 Å². The third-order valence-electron chi connectivity index (χ3n) is 3.44. The van der Waals surface area contributed by atoms with E-state index in [1.54, 1.807) is 6.07 Å². The van der Waals surface area contributed by atoms with Crippen LogP contribution in [0, 0.1) is 11.6 Å². The maximum atomic E-state index is 13.1. The van der Waals surface area contributed by atoms with Gasteiger partial charge in [0, 0.05) is 0 Å². The summed E-state index contributed by atoms with van der Waals surface area (Å²) in [5.74, 6) is -0.0359. The van der Waals surface area contributed by atoms with Gasteiger partial charge in [-0.3, -0.25) is 0 Å². The molecule has 1 aliphatic rings. The first kappa shape index (κ1) is 10.5. The van der Waals surface area contributed by atoms with Gasteiger partial charge in [0.25, 0.3) is 0 Å². The largest absolute Gasteiger partial charge is 0.207 e. The van der Waals surface area contributed by atoms with E-state index in [4.69, 9.17) is 0 Å². The first-order valence-corrected chi connectivity index (χ1v) is 5.75. The molecule has 0 heterocycles. The Hall–Kier alpha value is -1.70. The van der Waals surface area contributed by atoms with Crippen LogP contribution in [-0.2, 0) is 12.8 Å². The van der Waals surface area contributed by atoms with Crippen LogP contribution in [0.5, 0.6) is 0 Å². The monoisotopic (exact) mass is 230 g/mol. The minimum atomic E-state index is -0.213. The van der Waals surface area contributed by atoms with E-state index in [0.29, 0.717) is 5.92 Å². The molecule has 0 amide bonds. The van der Waals surface area contributed by atoms with Crippen molar-refractivity contribution in [2.24, 2.45) is 0 Å². The Bertz CT molecular complexity index is 543. The molecule has 0 bridgehead atoms. The second-order valence-electron chi connectivity index (χ2n) is 4.57. The number of hydrogen-bond donors (Lipinski definition) is 0. The summed E-state index contributed by atoms with van der Waals surface area (Å²) < 4.78 is 25.9. The Kier molecular flexibility index (Phi) is 2.43. The van der Waals surface area contributed by atoms with Crippen molar-refractivity contribution in [1.29, 1.82) is 0 Å². The molecule has 0 aliphatic heterocycles. The highest BCUT2D eigenvalue weighted by atomic mass is 19.1. The van der Waals surface area contributed by atoms with Crippen molar-refractivity contribution in [3.63, 3.8) is 0 Å². The zero-order valence-corrected chi connectivity index (χ0v) is 9.29. The first-order chi connectivity index (χ1) is 8.22. The van der Waals surface area contributed by atoms with E-state index in [1.165, 1.54) is 23.8 Å². The fourth-order valence-corrected chi connectivity index (χ4v) is 2.56. The fraction of sp³-hybridized carbons (Fsp3) is 0.200. The standard InChI is InChI=1S/C15H12F2/c16-14-4-1-10(2-5-14)12-7-11-3-6-15(17)9-13(11)8-12/h1-6,9,12H,7-8H2. The molecule has 0 fully saturated rings. The van der Waals surface area contributed by atoms with E-state index >= 15 is 0 Å². The normalized spacial score (nSPS) is 18.1. The molecule has 0 nitrogen and oxygen atoms in total. The minimum Gasteiger partial charge on any atom is -0.207 e. The summed E-state index contributed by atoms with van der Waals surface area (Å²) in [5.41, 5.74) is 3.42. The molecular formula is C15H12F2. The quantitative estimate of drug-likeness (QED) is 0.698. The number of benzene rings is 2. The van der Waals surface area contributed by atoms with Crippen LogP contribution >= 0.6 is 0 Å². The highest BCUT2D eigenvalue weighted by molar-refractivity contribution is 5.38. The summed E-state index contributed by atoms with van der Waals surface area (Å²) in [7, 11) is 0. The third-order valence-corrected chi connectivity index (χ3v) is 3.44. The van der Waals surface area contributed by atoms with Crippen LogP contribution < -0.4 is 0 Å². The van der Waals surface area contributed by atoms with E-state index in [9.17, 15) is 8.78 Å². The molecular weight excluding hydrogens is 218 g/mol. The fourth-order valence-electron chi connectivity index (χ4n) is 2.56. The van der Waals surface area contributed by atoms with Crippen molar-refractivity contribution in [1.82, 2.24) is 0 Å². The van der Waals surface area contributed by atoms with Gasteiger partial charge >= 0.3 is 0 Å². The molecule has 0 N–H and O–H groups in total. The highest BCUT2D eigenvalue weighted by Gasteiger charge is 2.22. The lowest BCUT2D eigenvalue weighted by Crippen LogP contribution is -1.97. The molecule has 2 aromatic carbocycles. The number of rotatable bonds is 1. The van der Waals surface area contributed by atoms with Crippen LogP contribution in [0.25, 0.3) is 0 Å². The average Bonchev–Trinajstić information content (AvgIpc) is 2.72. The second kappa shape index (κ2) is 3.95. The Morgan fingerprint density at radius 1 is 0.765 bits per heavy atom. The van der Waals surface area contributed by atoms with Crippen LogP contribution in [-0.4, -0.2) is 0 Å². The Balaban J connectivity index is 1.88. The molecule has 86 valence electrons. The molecule has 0 radical (unpaired) electrons. The lowest BCUT2D eigenvalue weighted by atomic mass is 9.96. The number of halogens is 2. The van der Waals surface area contributed by atoms with Gasteiger partial charge in [-0.25, -0.2) is 8.78 Å². The van der Waals surface area contributed by atoms with Gasteiger partial charge in [-0.2, -0.15) is 0 Å². The summed E-state index contributed by atoms with van der Waals surface area (Å²) in [6, 6.07) is 11.6. The topological polar surface area (TPSA) is 0 Å². The molecule has 17 heavy (non-hydrogen) atoms. The molecule has 0 spiro atoms. The molecule has 0 aromatic heterocycles.